The Bertz CT molecular complexity index is 584. The highest BCUT2D eigenvalue weighted by atomic mass is 19.4. The summed E-state index contributed by atoms with van der Waals surface area (Å²) >= 11 is 0. The second-order valence-corrected chi connectivity index (χ2v) is 4.08. The third-order valence-electron chi connectivity index (χ3n) is 2.71. The van der Waals surface area contributed by atoms with Gasteiger partial charge in [-0.25, -0.2) is 4.98 Å². The lowest BCUT2D eigenvalue weighted by Gasteiger charge is -2.20. The van der Waals surface area contributed by atoms with E-state index < -0.39 is 11.9 Å². The number of alkyl halides is 3. The van der Waals surface area contributed by atoms with Crippen LogP contribution in [0, 0.1) is 0 Å². The van der Waals surface area contributed by atoms with E-state index in [9.17, 15) is 13.2 Å². The fraction of sp³-hybridized carbons (Fsp3) is 0.231. The number of nitrogens with zero attached hydrogens (tertiary/aromatic N) is 3. The molecule has 0 aliphatic heterocycles. The summed E-state index contributed by atoms with van der Waals surface area (Å²) in [5.41, 5.74) is -0.240. The number of para-hydroxylation sites is 1. The lowest BCUT2D eigenvalue weighted by molar-refractivity contribution is -0.141. The first-order valence-electron chi connectivity index (χ1n) is 5.84. The SMILES string of the molecule is CNc1nc(N(C)c2ccccc2)cc(C(F)(F)F)n1. The van der Waals surface area contributed by atoms with Gasteiger partial charge in [0.05, 0.1) is 0 Å². The Labute approximate surface area is 114 Å². The summed E-state index contributed by atoms with van der Waals surface area (Å²) in [5.74, 6) is 0.0977. The second-order valence-electron chi connectivity index (χ2n) is 4.08. The summed E-state index contributed by atoms with van der Waals surface area (Å²) in [5, 5.41) is 2.54. The molecule has 7 heteroatoms. The number of benzene rings is 1. The molecule has 0 amide bonds. The highest BCUT2D eigenvalue weighted by Crippen LogP contribution is 2.31. The molecule has 0 saturated carbocycles. The van der Waals surface area contributed by atoms with E-state index >= 15 is 0 Å². The highest BCUT2D eigenvalue weighted by molar-refractivity contribution is 5.60. The maximum atomic E-state index is 12.8. The monoisotopic (exact) mass is 282 g/mol. The van der Waals surface area contributed by atoms with Crippen molar-refractivity contribution < 1.29 is 13.2 Å². The molecule has 1 heterocycles. The standard InChI is InChI=1S/C13H13F3N4/c1-17-12-18-10(13(14,15)16)8-11(19-12)20(2)9-6-4-3-5-7-9/h3-8H,1-2H3,(H,17,18,19). The Balaban J connectivity index is 2.46. The van der Waals surface area contributed by atoms with E-state index in [0.717, 1.165) is 11.8 Å². The van der Waals surface area contributed by atoms with Crippen molar-refractivity contribution in [3.05, 3.63) is 42.1 Å². The zero-order valence-electron chi connectivity index (χ0n) is 10.9. The molecule has 1 aromatic heterocycles. The number of halogens is 3. The molecule has 0 aliphatic rings. The molecule has 0 bridgehead atoms. The molecule has 1 aromatic carbocycles. The van der Waals surface area contributed by atoms with E-state index in [1.807, 2.05) is 6.07 Å². The summed E-state index contributed by atoms with van der Waals surface area (Å²) in [6.07, 6.45) is -4.51. The number of nitrogens with one attached hydrogen (secondary N) is 1. The molecule has 0 atom stereocenters. The third kappa shape index (κ3) is 2.98. The molecular formula is C13H13F3N4. The number of aromatic nitrogens is 2. The minimum Gasteiger partial charge on any atom is -0.357 e. The molecule has 0 fully saturated rings. The van der Waals surface area contributed by atoms with Gasteiger partial charge in [0, 0.05) is 25.8 Å². The summed E-state index contributed by atoms with van der Waals surface area (Å²) in [6.45, 7) is 0. The predicted molar refractivity (Wildman–Crippen MR) is 71.1 cm³/mol. The largest absolute Gasteiger partial charge is 0.433 e. The van der Waals surface area contributed by atoms with Crippen LogP contribution in [0.1, 0.15) is 5.69 Å². The minimum absolute atomic E-state index is 0.0717. The Morgan fingerprint density at radius 1 is 1.10 bits per heavy atom. The lowest BCUT2D eigenvalue weighted by atomic mass is 10.3. The molecular weight excluding hydrogens is 269 g/mol. The third-order valence-corrected chi connectivity index (χ3v) is 2.71. The van der Waals surface area contributed by atoms with Crippen molar-refractivity contribution in [1.29, 1.82) is 0 Å². The van der Waals surface area contributed by atoms with Gasteiger partial charge in [-0.2, -0.15) is 18.2 Å². The van der Waals surface area contributed by atoms with E-state index in [2.05, 4.69) is 15.3 Å². The molecule has 0 unspecified atom stereocenters. The van der Waals surface area contributed by atoms with Crippen LogP contribution in [0.3, 0.4) is 0 Å². The maximum Gasteiger partial charge on any atom is 0.433 e. The predicted octanol–water partition coefficient (Wildman–Crippen LogP) is 3.31. The molecule has 20 heavy (non-hydrogen) atoms. The quantitative estimate of drug-likeness (QED) is 0.937. The van der Waals surface area contributed by atoms with E-state index in [1.165, 1.54) is 7.05 Å². The molecule has 1 N–H and O–H groups in total. The second kappa shape index (κ2) is 5.36. The average Bonchev–Trinajstić information content (AvgIpc) is 2.46. The van der Waals surface area contributed by atoms with Crippen LogP contribution in [0.2, 0.25) is 0 Å². The lowest BCUT2D eigenvalue weighted by Crippen LogP contribution is -2.16. The van der Waals surface area contributed by atoms with Gasteiger partial charge < -0.3 is 10.2 Å². The van der Waals surface area contributed by atoms with Crippen molar-refractivity contribution in [2.45, 2.75) is 6.18 Å². The van der Waals surface area contributed by atoms with Crippen LogP contribution in [0.4, 0.5) is 30.6 Å². The van der Waals surface area contributed by atoms with Crippen molar-refractivity contribution in [1.82, 2.24) is 9.97 Å². The number of rotatable bonds is 3. The Morgan fingerprint density at radius 2 is 1.75 bits per heavy atom. The summed E-state index contributed by atoms with van der Waals surface area (Å²) in [7, 11) is 3.12. The minimum atomic E-state index is -4.51. The molecule has 2 aromatic rings. The van der Waals surface area contributed by atoms with Crippen molar-refractivity contribution in [2.24, 2.45) is 0 Å². The zero-order chi connectivity index (χ0) is 14.8. The van der Waals surface area contributed by atoms with Crippen LogP contribution >= 0.6 is 0 Å². The molecule has 2 rings (SSSR count). The Hall–Kier alpha value is -2.31. The number of anilines is 3. The fourth-order valence-corrected chi connectivity index (χ4v) is 1.65. The van der Waals surface area contributed by atoms with Crippen molar-refractivity contribution in [3.63, 3.8) is 0 Å². The van der Waals surface area contributed by atoms with E-state index in [4.69, 9.17) is 0 Å². The molecule has 4 nitrogen and oxygen atoms in total. The molecule has 0 spiro atoms. The van der Waals surface area contributed by atoms with Crippen LogP contribution in [-0.2, 0) is 6.18 Å². The van der Waals surface area contributed by atoms with Gasteiger partial charge >= 0.3 is 6.18 Å². The van der Waals surface area contributed by atoms with Gasteiger partial charge in [0.15, 0.2) is 5.69 Å². The molecule has 0 saturated heterocycles. The van der Waals surface area contributed by atoms with Crippen molar-refractivity contribution in [2.75, 3.05) is 24.3 Å². The van der Waals surface area contributed by atoms with Crippen molar-refractivity contribution >= 4 is 17.5 Å². The normalized spacial score (nSPS) is 11.2. The van der Waals surface area contributed by atoms with E-state index in [0.29, 0.717) is 0 Å². The first kappa shape index (κ1) is 14.1. The van der Waals surface area contributed by atoms with E-state index in [1.54, 1.807) is 36.2 Å². The molecule has 0 aliphatic carbocycles. The number of hydrogen-bond acceptors (Lipinski definition) is 4. The van der Waals surface area contributed by atoms with Gasteiger partial charge in [-0.05, 0) is 12.1 Å². The average molecular weight is 282 g/mol. The summed E-state index contributed by atoms with van der Waals surface area (Å²) < 4.78 is 38.4. The Kier molecular flexibility index (Phi) is 3.78. The van der Waals surface area contributed by atoms with Gasteiger partial charge in [0.1, 0.15) is 5.82 Å². The first-order valence-corrected chi connectivity index (χ1v) is 5.84. The van der Waals surface area contributed by atoms with Crippen molar-refractivity contribution in [3.8, 4) is 0 Å². The van der Waals surface area contributed by atoms with Gasteiger partial charge in [0.25, 0.3) is 0 Å². The topological polar surface area (TPSA) is 41.1 Å². The maximum absolute atomic E-state index is 12.8. The highest BCUT2D eigenvalue weighted by Gasteiger charge is 2.34. The summed E-state index contributed by atoms with van der Waals surface area (Å²) in [4.78, 5) is 9.04. The van der Waals surface area contributed by atoms with Gasteiger partial charge in [-0.3, -0.25) is 0 Å². The van der Waals surface area contributed by atoms with Crippen LogP contribution < -0.4 is 10.2 Å². The zero-order valence-corrected chi connectivity index (χ0v) is 10.9. The molecule has 106 valence electrons. The van der Waals surface area contributed by atoms with Gasteiger partial charge in [0.2, 0.25) is 5.95 Å². The smallest absolute Gasteiger partial charge is 0.357 e. The summed E-state index contributed by atoms with van der Waals surface area (Å²) in [6, 6.07) is 9.93. The van der Waals surface area contributed by atoms with Crippen LogP contribution in [0.5, 0.6) is 0 Å². The van der Waals surface area contributed by atoms with Gasteiger partial charge in [-0.15, -0.1) is 0 Å². The van der Waals surface area contributed by atoms with Crippen LogP contribution in [0.25, 0.3) is 0 Å². The first-order chi connectivity index (χ1) is 9.41. The van der Waals surface area contributed by atoms with E-state index in [-0.39, 0.29) is 11.8 Å². The number of hydrogen-bond donors (Lipinski definition) is 1. The molecule has 0 radical (unpaired) electrons. The Morgan fingerprint density at radius 3 is 2.30 bits per heavy atom. The fourth-order valence-electron chi connectivity index (χ4n) is 1.65. The van der Waals surface area contributed by atoms with Gasteiger partial charge in [-0.1, -0.05) is 18.2 Å². The van der Waals surface area contributed by atoms with Crippen LogP contribution in [-0.4, -0.2) is 24.1 Å². The van der Waals surface area contributed by atoms with Crippen LogP contribution in [0.15, 0.2) is 36.4 Å².